The molecule has 0 bridgehead atoms. The Morgan fingerprint density at radius 2 is 1.83 bits per heavy atom. The van der Waals surface area contributed by atoms with Crippen LogP contribution < -0.4 is 5.32 Å². The average Bonchev–Trinajstić information content (AvgIpc) is 2.57. The molecule has 0 aliphatic carbocycles. The number of amides is 2. The number of nitrogens with zero attached hydrogens (tertiary/aromatic N) is 1. The lowest BCUT2D eigenvalue weighted by Crippen LogP contribution is -2.52. The number of halogens is 3. The van der Waals surface area contributed by atoms with E-state index in [4.69, 9.17) is 11.6 Å². The van der Waals surface area contributed by atoms with Gasteiger partial charge in [0.25, 0.3) is 5.91 Å². The largest absolute Gasteiger partial charge is 0.352 e. The molecule has 1 fully saturated rings. The molecule has 1 unspecified atom stereocenters. The first-order valence-corrected chi connectivity index (χ1v) is 7.64. The molecule has 4 nitrogen and oxygen atoms in total. The topological polar surface area (TPSA) is 49.4 Å². The lowest BCUT2D eigenvalue weighted by molar-refractivity contribution is -0.128. The van der Waals surface area contributed by atoms with E-state index in [1.807, 2.05) is 0 Å². The molecule has 1 aliphatic heterocycles. The van der Waals surface area contributed by atoms with Gasteiger partial charge in [0.2, 0.25) is 5.91 Å². The number of hydrogen-bond acceptors (Lipinski definition) is 2. The van der Waals surface area contributed by atoms with E-state index >= 15 is 0 Å². The quantitative estimate of drug-likeness (QED) is 0.905. The molecule has 1 heterocycles. The van der Waals surface area contributed by atoms with Crippen LogP contribution in [0.25, 0.3) is 0 Å². The Morgan fingerprint density at radius 1 is 1.12 bits per heavy atom. The number of nitrogens with one attached hydrogen (secondary N) is 1. The minimum Gasteiger partial charge on any atom is -0.352 e. The lowest BCUT2D eigenvalue weighted by Gasteiger charge is -2.35. The summed E-state index contributed by atoms with van der Waals surface area (Å²) in [5.41, 5.74) is 0.579. The number of carbonyl (C=O) groups excluding carboxylic acids is 2. The summed E-state index contributed by atoms with van der Waals surface area (Å²) in [4.78, 5) is 26.3. The van der Waals surface area contributed by atoms with E-state index in [2.05, 4.69) is 5.32 Å². The number of carbonyl (C=O) groups is 2. The molecule has 0 radical (unpaired) electrons. The highest BCUT2D eigenvalue weighted by Gasteiger charge is 2.34. The Balaban J connectivity index is 1.96. The smallest absolute Gasteiger partial charge is 0.254 e. The molecule has 2 aromatic carbocycles. The first kappa shape index (κ1) is 16.4. The monoisotopic (exact) mass is 350 g/mol. The van der Waals surface area contributed by atoms with E-state index in [0.717, 1.165) is 12.1 Å². The van der Waals surface area contributed by atoms with Gasteiger partial charge in [-0.15, -0.1) is 0 Å². The fourth-order valence-corrected chi connectivity index (χ4v) is 2.78. The molecule has 1 atom stereocenters. The minimum atomic E-state index is -1.11. The highest BCUT2D eigenvalue weighted by Crippen LogP contribution is 2.26. The van der Waals surface area contributed by atoms with Gasteiger partial charge in [0.15, 0.2) is 11.6 Å². The van der Waals surface area contributed by atoms with Crippen molar-refractivity contribution in [2.75, 3.05) is 13.1 Å². The van der Waals surface area contributed by atoms with E-state index in [9.17, 15) is 18.4 Å². The van der Waals surface area contributed by atoms with Gasteiger partial charge in [-0.05, 0) is 35.9 Å². The maximum atomic E-state index is 13.4. The highest BCUT2D eigenvalue weighted by molar-refractivity contribution is 6.30. The van der Waals surface area contributed by atoms with Gasteiger partial charge < -0.3 is 10.2 Å². The molecule has 0 saturated carbocycles. The van der Waals surface area contributed by atoms with Crippen LogP contribution in [0.1, 0.15) is 22.0 Å². The molecule has 1 aliphatic rings. The van der Waals surface area contributed by atoms with Crippen LogP contribution in [0, 0.1) is 11.6 Å². The SMILES string of the molecule is O=C1NCCN(C(=O)c2ccc(F)c(F)c2)C1c1ccc(Cl)cc1. The number of benzene rings is 2. The number of hydrogen-bond donors (Lipinski definition) is 1. The summed E-state index contributed by atoms with van der Waals surface area (Å²) in [6, 6.07) is 8.64. The molecule has 24 heavy (non-hydrogen) atoms. The van der Waals surface area contributed by atoms with Crippen molar-refractivity contribution in [1.29, 1.82) is 0 Å². The van der Waals surface area contributed by atoms with E-state index in [1.54, 1.807) is 24.3 Å². The van der Waals surface area contributed by atoms with Crippen molar-refractivity contribution in [3.05, 3.63) is 70.2 Å². The van der Waals surface area contributed by atoms with Crippen LogP contribution in [0.15, 0.2) is 42.5 Å². The van der Waals surface area contributed by atoms with E-state index in [-0.39, 0.29) is 18.0 Å². The fourth-order valence-electron chi connectivity index (χ4n) is 2.66. The Morgan fingerprint density at radius 3 is 2.50 bits per heavy atom. The summed E-state index contributed by atoms with van der Waals surface area (Å²) in [7, 11) is 0. The standard InChI is InChI=1S/C17H13ClF2N2O2/c18-12-4-1-10(2-5-12)15-16(23)21-7-8-22(15)17(24)11-3-6-13(19)14(20)9-11/h1-6,9,15H,7-8H2,(H,21,23). The van der Waals surface area contributed by atoms with Crippen molar-refractivity contribution in [1.82, 2.24) is 10.2 Å². The molecule has 0 aromatic heterocycles. The second-order valence-electron chi connectivity index (χ2n) is 5.37. The van der Waals surface area contributed by atoms with Crippen molar-refractivity contribution in [3.8, 4) is 0 Å². The van der Waals surface area contributed by atoms with Gasteiger partial charge in [-0.2, -0.15) is 0 Å². The molecular formula is C17H13ClF2N2O2. The first-order chi connectivity index (χ1) is 11.5. The normalized spacial score (nSPS) is 17.5. The number of rotatable bonds is 2. The van der Waals surface area contributed by atoms with Crippen LogP contribution in [0.4, 0.5) is 8.78 Å². The third-order valence-corrected chi connectivity index (χ3v) is 4.08. The molecular weight excluding hydrogens is 338 g/mol. The van der Waals surface area contributed by atoms with E-state index in [1.165, 1.54) is 11.0 Å². The van der Waals surface area contributed by atoms with Crippen molar-refractivity contribution in [2.45, 2.75) is 6.04 Å². The maximum absolute atomic E-state index is 13.4. The highest BCUT2D eigenvalue weighted by atomic mass is 35.5. The van der Waals surface area contributed by atoms with Crippen molar-refractivity contribution >= 4 is 23.4 Å². The van der Waals surface area contributed by atoms with Gasteiger partial charge in [0, 0.05) is 23.7 Å². The predicted octanol–water partition coefficient (Wildman–Crippen LogP) is 2.93. The van der Waals surface area contributed by atoms with Crippen LogP contribution >= 0.6 is 11.6 Å². The second-order valence-corrected chi connectivity index (χ2v) is 5.81. The first-order valence-electron chi connectivity index (χ1n) is 7.26. The molecule has 1 saturated heterocycles. The Hall–Kier alpha value is -2.47. The van der Waals surface area contributed by atoms with Crippen molar-refractivity contribution in [3.63, 3.8) is 0 Å². The zero-order valence-electron chi connectivity index (χ0n) is 12.4. The molecule has 3 rings (SSSR count). The summed E-state index contributed by atoms with van der Waals surface area (Å²) in [6.07, 6.45) is 0. The van der Waals surface area contributed by atoms with Gasteiger partial charge in [-0.3, -0.25) is 9.59 Å². The Labute approximate surface area is 142 Å². The summed E-state index contributed by atoms with van der Waals surface area (Å²) in [5.74, 6) is -3.01. The Bertz CT molecular complexity index is 796. The van der Waals surface area contributed by atoms with Crippen LogP contribution in [0.3, 0.4) is 0 Å². The van der Waals surface area contributed by atoms with Gasteiger partial charge in [0.1, 0.15) is 6.04 Å². The van der Waals surface area contributed by atoms with Crippen molar-refractivity contribution < 1.29 is 18.4 Å². The predicted molar refractivity (Wildman–Crippen MR) is 84.6 cm³/mol. The van der Waals surface area contributed by atoms with Crippen LogP contribution in [-0.2, 0) is 4.79 Å². The zero-order valence-corrected chi connectivity index (χ0v) is 13.2. The van der Waals surface area contributed by atoms with Crippen LogP contribution in [0.5, 0.6) is 0 Å². The van der Waals surface area contributed by atoms with E-state index in [0.29, 0.717) is 17.1 Å². The van der Waals surface area contributed by atoms with Gasteiger partial charge >= 0.3 is 0 Å². The molecule has 2 aromatic rings. The summed E-state index contributed by atoms with van der Waals surface area (Å²) in [6.45, 7) is 0.551. The lowest BCUT2D eigenvalue weighted by atomic mass is 10.0. The molecule has 2 amide bonds. The zero-order chi connectivity index (χ0) is 17.3. The summed E-state index contributed by atoms with van der Waals surface area (Å²) in [5, 5.41) is 3.21. The third kappa shape index (κ3) is 3.10. The van der Waals surface area contributed by atoms with Crippen LogP contribution in [0.2, 0.25) is 5.02 Å². The maximum Gasteiger partial charge on any atom is 0.254 e. The van der Waals surface area contributed by atoms with Crippen LogP contribution in [-0.4, -0.2) is 29.8 Å². The summed E-state index contributed by atoms with van der Waals surface area (Å²) >= 11 is 5.86. The molecule has 1 N–H and O–H groups in total. The minimum absolute atomic E-state index is 0.0115. The second kappa shape index (κ2) is 6.57. The number of piperazine rings is 1. The van der Waals surface area contributed by atoms with Gasteiger partial charge in [0.05, 0.1) is 0 Å². The average molecular weight is 351 g/mol. The Kier molecular flexibility index (Phi) is 4.49. The molecule has 0 spiro atoms. The fraction of sp³-hybridized carbons (Fsp3) is 0.176. The van der Waals surface area contributed by atoms with E-state index < -0.39 is 23.6 Å². The van der Waals surface area contributed by atoms with Gasteiger partial charge in [-0.25, -0.2) is 8.78 Å². The molecule has 124 valence electrons. The summed E-state index contributed by atoms with van der Waals surface area (Å²) < 4.78 is 26.5. The van der Waals surface area contributed by atoms with Gasteiger partial charge in [-0.1, -0.05) is 23.7 Å². The third-order valence-electron chi connectivity index (χ3n) is 3.83. The molecule has 7 heteroatoms. The van der Waals surface area contributed by atoms with Crippen molar-refractivity contribution in [2.24, 2.45) is 0 Å².